The fourth-order valence-electron chi connectivity index (χ4n) is 1.65. The number of methoxy groups -OCH3 is 1. The Morgan fingerprint density at radius 1 is 1.29 bits per heavy atom. The molecule has 1 aliphatic rings. The third-order valence-corrected chi connectivity index (χ3v) is 2.33. The average molecular weight is 194 g/mol. The summed E-state index contributed by atoms with van der Waals surface area (Å²) in [7, 11) is 1.67. The molecule has 1 aliphatic heterocycles. The zero-order valence-electron chi connectivity index (χ0n) is 8.18. The van der Waals surface area contributed by atoms with E-state index in [-0.39, 0.29) is 12.2 Å². The molecule has 0 N–H and O–H groups in total. The van der Waals surface area contributed by atoms with E-state index in [2.05, 4.69) is 0 Å². The zero-order valence-corrected chi connectivity index (χ0v) is 8.18. The second kappa shape index (κ2) is 4.55. The molecule has 1 saturated heterocycles. The second-order valence-electron chi connectivity index (χ2n) is 3.28. The van der Waals surface area contributed by atoms with E-state index in [4.69, 9.17) is 14.2 Å². The van der Waals surface area contributed by atoms with Crippen LogP contribution in [-0.2, 0) is 14.2 Å². The van der Waals surface area contributed by atoms with Crippen molar-refractivity contribution in [2.24, 2.45) is 0 Å². The molecule has 3 heteroatoms. The van der Waals surface area contributed by atoms with Crippen LogP contribution in [-0.4, -0.2) is 26.6 Å². The van der Waals surface area contributed by atoms with Crippen molar-refractivity contribution in [1.82, 2.24) is 0 Å². The van der Waals surface area contributed by atoms with Gasteiger partial charge in [-0.05, 0) is 5.56 Å². The Morgan fingerprint density at radius 2 is 2.07 bits per heavy atom. The maximum absolute atomic E-state index is 5.50. The van der Waals surface area contributed by atoms with Gasteiger partial charge in [0, 0.05) is 7.11 Å². The molecule has 0 aromatic heterocycles. The highest BCUT2D eigenvalue weighted by molar-refractivity contribution is 5.19. The van der Waals surface area contributed by atoms with Gasteiger partial charge in [-0.1, -0.05) is 30.3 Å². The van der Waals surface area contributed by atoms with Crippen molar-refractivity contribution in [1.29, 1.82) is 0 Å². The lowest BCUT2D eigenvalue weighted by molar-refractivity contribution is 0.0177. The van der Waals surface area contributed by atoms with E-state index in [1.807, 2.05) is 30.3 Å². The van der Waals surface area contributed by atoms with Crippen LogP contribution in [0, 0.1) is 0 Å². The summed E-state index contributed by atoms with van der Waals surface area (Å²) in [6.45, 7) is 0.924. The normalized spacial score (nSPS) is 26.6. The summed E-state index contributed by atoms with van der Waals surface area (Å²) in [5.41, 5.74) is 1.15. The van der Waals surface area contributed by atoms with Gasteiger partial charge in [-0.15, -0.1) is 0 Å². The first kappa shape index (κ1) is 9.65. The van der Waals surface area contributed by atoms with Gasteiger partial charge in [-0.25, -0.2) is 0 Å². The molecule has 1 fully saturated rings. The summed E-state index contributed by atoms with van der Waals surface area (Å²) in [5, 5.41) is 0. The number of ether oxygens (including phenoxy) is 3. The van der Waals surface area contributed by atoms with Gasteiger partial charge in [0.1, 0.15) is 19.0 Å². The van der Waals surface area contributed by atoms with Crippen LogP contribution in [0.4, 0.5) is 0 Å². The standard InChI is InChI=1S/C11H14O3/c1-12-7-10-11(14-8-13-10)9-5-3-2-4-6-9/h2-6,10-11H,7-8H2,1H3. The Bertz CT molecular complexity index is 273. The summed E-state index contributed by atoms with van der Waals surface area (Å²) in [5.74, 6) is 0. The van der Waals surface area contributed by atoms with Crippen molar-refractivity contribution in [3.63, 3.8) is 0 Å². The fourth-order valence-corrected chi connectivity index (χ4v) is 1.65. The smallest absolute Gasteiger partial charge is 0.148 e. The van der Waals surface area contributed by atoms with Gasteiger partial charge in [-0.3, -0.25) is 0 Å². The van der Waals surface area contributed by atoms with E-state index < -0.39 is 0 Å². The van der Waals surface area contributed by atoms with Gasteiger partial charge in [0.15, 0.2) is 0 Å². The van der Waals surface area contributed by atoms with Crippen LogP contribution in [0.5, 0.6) is 0 Å². The molecule has 0 spiro atoms. The third-order valence-electron chi connectivity index (χ3n) is 2.33. The summed E-state index contributed by atoms with van der Waals surface area (Å²) in [6.07, 6.45) is 0.0264. The minimum atomic E-state index is 0.0103. The average Bonchev–Trinajstić information content (AvgIpc) is 2.68. The monoisotopic (exact) mass is 194 g/mol. The topological polar surface area (TPSA) is 27.7 Å². The molecule has 2 atom stereocenters. The highest BCUT2D eigenvalue weighted by Crippen LogP contribution is 2.28. The van der Waals surface area contributed by atoms with Crippen LogP contribution in [0.15, 0.2) is 30.3 Å². The lowest BCUT2D eigenvalue weighted by Gasteiger charge is -2.15. The van der Waals surface area contributed by atoms with E-state index in [0.29, 0.717) is 13.4 Å². The molecule has 2 unspecified atom stereocenters. The molecule has 1 aromatic rings. The van der Waals surface area contributed by atoms with E-state index in [1.165, 1.54) is 0 Å². The minimum Gasteiger partial charge on any atom is -0.382 e. The molecule has 0 radical (unpaired) electrons. The Hall–Kier alpha value is -0.900. The first-order valence-electron chi connectivity index (χ1n) is 4.69. The van der Waals surface area contributed by atoms with Crippen molar-refractivity contribution in [3.05, 3.63) is 35.9 Å². The van der Waals surface area contributed by atoms with Crippen LogP contribution < -0.4 is 0 Å². The van der Waals surface area contributed by atoms with E-state index in [0.717, 1.165) is 5.56 Å². The number of hydrogen-bond donors (Lipinski definition) is 0. The first-order chi connectivity index (χ1) is 6.92. The summed E-state index contributed by atoms with van der Waals surface area (Å²) < 4.78 is 16.0. The Morgan fingerprint density at radius 3 is 2.79 bits per heavy atom. The molecule has 76 valence electrons. The lowest BCUT2D eigenvalue weighted by Crippen LogP contribution is -2.20. The van der Waals surface area contributed by atoms with Gasteiger partial charge in [-0.2, -0.15) is 0 Å². The highest BCUT2D eigenvalue weighted by Gasteiger charge is 2.30. The maximum atomic E-state index is 5.50. The number of benzene rings is 1. The predicted octanol–water partition coefficient (Wildman–Crippen LogP) is 1.75. The fraction of sp³-hybridized carbons (Fsp3) is 0.455. The van der Waals surface area contributed by atoms with Gasteiger partial charge in [0.2, 0.25) is 0 Å². The lowest BCUT2D eigenvalue weighted by atomic mass is 10.1. The molecule has 3 nitrogen and oxygen atoms in total. The molecule has 0 aliphatic carbocycles. The summed E-state index contributed by atoms with van der Waals surface area (Å²) >= 11 is 0. The maximum Gasteiger partial charge on any atom is 0.148 e. The van der Waals surface area contributed by atoms with Gasteiger partial charge in [0.25, 0.3) is 0 Å². The van der Waals surface area contributed by atoms with Crippen molar-refractivity contribution in [2.75, 3.05) is 20.5 Å². The molecule has 0 saturated carbocycles. The second-order valence-corrected chi connectivity index (χ2v) is 3.28. The quantitative estimate of drug-likeness (QED) is 0.733. The van der Waals surface area contributed by atoms with E-state index in [1.54, 1.807) is 7.11 Å². The van der Waals surface area contributed by atoms with Crippen molar-refractivity contribution >= 4 is 0 Å². The highest BCUT2D eigenvalue weighted by atomic mass is 16.7. The predicted molar refractivity (Wildman–Crippen MR) is 51.9 cm³/mol. The van der Waals surface area contributed by atoms with E-state index in [9.17, 15) is 0 Å². The molecule has 0 amide bonds. The van der Waals surface area contributed by atoms with Crippen molar-refractivity contribution in [2.45, 2.75) is 12.2 Å². The Kier molecular flexibility index (Phi) is 3.14. The molecular weight excluding hydrogens is 180 g/mol. The van der Waals surface area contributed by atoms with Crippen LogP contribution in [0.1, 0.15) is 11.7 Å². The molecule has 1 heterocycles. The summed E-state index contributed by atoms with van der Waals surface area (Å²) in [6, 6.07) is 10.1. The minimum absolute atomic E-state index is 0.0103. The SMILES string of the molecule is COCC1OCOC1c1ccccc1. The van der Waals surface area contributed by atoms with Crippen LogP contribution in [0.2, 0.25) is 0 Å². The molecular formula is C11H14O3. The third kappa shape index (κ3) is 1.95. The van der Waals surface area contributed by atoms with Crippen LogP contribution in [0.25, 0.3) is 0 Å². The number of rotatable bonds is 3. The van der Waals surface area contributed by atoms with E-state index >= 15 is 0 Å². The van der Waals surface area contributed by atoms with Crippen molar-refractivity contribution < 1.29 is 14.2 Å². The first-order valence-corrected chi connectivity index (χ1v) is 4.69. The molecule has 14 heavy (non-hydrogen) atoms. The van der Waals surface area contributed by atoms with Crippen LogP contribution >= 0.6 is 0 Å². The van der Waals surface area contributed by atoms with Crippen molar-refractivity contribution in [3.8, 4) is 0 Å². The summed E-state index contributed by atoms with van der Waals surface area (Å²) in [4.78, 5) is 0. The molecule has 1 aromatic carbocycles. The van der Waals surface area contributed by atoms with Gasteiger partial charge >= 0.3 is 0 Å². The van der Waals surface area contributed by atoms with Gasteiger partial charge < -0.3 is 14.2 Å². The molecule has 0 bridgehead atoms. The molecule has 2 rings (SSSR count). The Balaban J connectivity index is 2.10. The Labute approximate surface area is 83.6 Å². The largest absolute Gasteiger partial charge is 0.382 e. The number of hydrogen-bond acceptors (Lipinski definition) is 3. The van der Waals surface area contributed by atoms with Gasteiger partial charge in [0.05, 0.1) is 6.61 Å². The van der Waals surface area contributed by atoms with Crippen LogP contribution in [0.3, 0.4) is 0 Å². The zero-order chi connectivity index (χ0) is 9.80.